The second-order valence-electron chi connectivity index (χ2n) is 8.34. The van der Waals surface area contributed by atoms with E-state index in [2.05, 4.69) is 37.0 Å². The summed E-state index contributed by atoms with van der Waals surface area (Å²) in [7, 11) is 1.53. The van der Waals surface area contributed by atoms with Crippen molar-refractivity contribution in [2.24, 2.45) is 5.10 Å². The van der Waals surface area contributed by atoms with Gasteiger partial charge in [-0.25, -0.2) is 4.98 Å². The molecule has 0 saturated heterocycles. The van der Waals surface area contributed by atoms with Gasteiger partial charge >= 0.3 is 0 Å². The van der Waals surface area contributed by atoms with Gasteiger partial charge in [-0.15, -0.1) is 0 Å². The zero-order valence-electron chi connectivity index (χ0n) is 20.3. The Morgan fingerprint density at radius 3 is 2.54 bits per heavy atom. The molecule has 0 bridgehead atoms. The topological polar surface area (TPSA) is 65.7 Å². The Balaban J connectivity index is 1.74. The van der Waals surface area contributed by atoms with Crippen molar-refractivity contribution in [2.75, 3.05) is 7.11 Å². The fourth-order valence-corrected chi connectivity index (χ4v) is 4.76. The molecule has 0 saturated carbocycles. The van der Waals surface area contributed by atoms with Gasteiger partial charge in [0.1, 0.15) is 17.5 Å². The van der Waals surface area contributed by atoms with Gasteiger partial charge in [-0.1, -0.05) is 65.1 Å². The number of rotatable bonds is 8. The summed E-state index contributed by atoms with van der Waals surface area (Å²) in [4.78, 5) is 18.2. The fraction of sp³-hybridized carbons (Fsp3) is 0.222. The standard InChI is InChI=1S/C27H23Br2Cl2N3O3/c1-4-15(2)26-33-21-10-7-18(28)12-20(21)27(35)34(26)32-13-17-11-22(36-3)25(24(31)23(17)29)37-14-16-5-8-19(30)9-6-16/h5-13,15H,4,14H2,1-3H3/t15-/m1/s1. The van der Waals surface area contributed by atoms with Crippen LogP contribution in [0.3, 0.4) is 0 Å². The number of ether oxygens (including phenoxy) is 2. The van der Waals surface area contributed by atoms with Crippen molar-refractivity contribution in [3.8, 4) is 11.5 Å². The summed E-state index contributed by atoms with van der Waals surface area (Å²) in [5, 5.41) is 5.98. The second kappa shape index (κ2) is 12.0. The molecule has 3 aromatic carbocycles. The number of hydrogen-bond donors (Lipinski definition) is 0. The number of aromatic nitrogens is 2. The zero-order chi connectivity index (χ0) is 26.7. The summed E-state index contributed by atoms with van der Waals surface area (Å²) >= 11 is 19.6. The average Bonchev–Trinajstić information content (AvgIpc) is 2.90. The minimum Gasteiger partial charge on any atom is -0.493 e. The van der Waals surface area contributed by atoms with E-state index in [9.17, 15) is 4.79 Å². The van der Waals surface area contributed by atoms with E-state index in [-0.39, 0.29) is 18.1 Å². The van der Waals surface area contributed by atoms with Crippen LogP contribution in [0.2, 0.25) is 10.0 Å². The number of fused-ring (bicyclic) bond motifs is 1. The molecular formula is C27H23Br2Cl2N3O3. The SMILES string of the molecule is CC[C@@H](C)c1nc2ccc(Br)cc2c(=O)n1N=Cc1cc(OC)c(OCc2ccc(Cl)cc2)c(Cl)c1Br. The van der Waals surface area contributed by atoms with Crippen LogP contribution in [0.4, 0.5) is 0 Å². The maximum absolute atomic E-state index is 13.4. The van der Waals surface area contributed by atoms with Gasteiger partial charge in [0.25, 0.3) is 5.56 Å². The van der Waals surface area contributed by atoms with Crippen LogP contribution in [0.15, 0.2) is 67.4 Å². The third kappa shape index (κ3) is 6.03. The maximum atomic E-state index is 13.4. The van der Waals surface area contributed by atoms with E-state index >= 15 is 0 Å². The first-order valence-corrected chi connectivity index (χ1v) is 13.8. The van der Waals surface area contributed by atoms with Crippen LogP contribution < -0.4 is 15.0 Å². The molecule has 4 rings (SSSR count). The van der Waals surface area contributed by atoms with Crippen LogP contribution >= 0.6 is 55.1 Å². The summed E-state index contributed by atoms with van der Waals surface area (Å²) in [6.45, 7) is 4.33. The second-order valence-corrected chi connectivity index (χ2v) is 10.9. The molecule has 4 aromatic rings. The van der Waals surface area contributed by atoms with E-state index in [4.69, 9.17) is 37.7 Å². The summed E-state index contributed by atoms with van der Waals surface area (Å²) < 4.78 is 14.2. The molecule has 0 N–H and O–H groups in total. The number of benzene rings is 3. The van der Waals surface area contributed by atoms with Crippen LogP contribution in [-0.2, 0) is 6.61 Å². The maximum Gasteiger partial charge on any atom is 0.282 e. The first-order chi connectivity index (χ1) is 17.7. The molecule has 0 amide bonds. The molecule has 37 heavy (non-hydrogen) atoms. The highest BCUT2D eigenvalue weighted by atomic mass is 79.9. The summed E-state index contributed by atoms with van der Waals surface area (Å²) in [6, 6.07) is 14.5. The van der Waals surface area contributed by atoms with E-state index in [1.54, 1.807) is 30.5 Å². The molecule has 1 aromatic heterocycles. The van der Waals surface area contributed by atoms with Crippen molar-refractivity contribution in [2.45, 2.75) is 32.8 Å². The van der Waals surface area contributed by atoms with E-state index in [1.165, 1.54) is 11.8 Å². The number of nitrogens with zero attached hydrogens (tertiary/aromatic N) is 3. The molecule has 0 aliphatic rings. The molecule has 1 atom stereocenters. The highest BCUT2D eigenvalue weighted by Crippen LogP contribution is 2.42. The molecule has 6 nitrogen and oxygen atoms in total. The number of halogens is 4. The van der Waals surface area contributed by atoms with Crippen LogP contribution in [0.1, 0.15) is 43.1 Å². The van der Waals surface area contributed by atoms with Gasteiger partial charge in [0.05, 0.1) is 24.2 Å². The molecular weight excluding hydrogens is 645 g/mol. The highest BCUT2D eigenvalue weighted by Gasteiger charge is 2.19. The molecule has 0 spiro atoms. The van der Waals surface area contributed by atoms with Crippen molar-refractivity contribution >= 4 is 72.2 Å². The van der Waals surface area contributed by atoms with Crippen molar-refractivity contribution in [3.63, 3.8) is 0 Å². The van der Waals surface area contributed by atoms with Crippen molar-refractivity contribution in [1.29, 1.82) is 0 Å². The number of methoxy groups -OCH3 is 1. The Bertz CT molecular complexity index is 1540. The van der Waals surface area contributed by atoms with Gasteiger partial charge in [0.15, 0.2) is 11.5 Å². The van der Waals surface area contributed by atoms with Crippen LogP contribution in [-0.4, -0.2) is 23.0 Å². The Morgan fingerprint density at radius 1 is 1.14 bits per heavy atom. The normalized spacial score (nSPS) is 12.3. The molecule has 0 aliphatic heterocycles. The van der Waals surface area contributed by atoms with Crippen molar-refractivity contribution < 1.29 is 9.47 Å². The lowest BCUT2D eigenvalue weighted by Gasteiger charge is -2.16. The third-order valence-corrected chi connectivity index (χ3v) is 8.06. The Hall–Kier alpha value is -2.39. The molecule has 0 fully saturated rings. The van der Waals surface area contributed by atoms with Crippen LogP contribution in [0, 0.1) is 0 Å². The van der Waals surface area contributed by atoms with Gasteiger partial charge in [-0.2, -0.15) is 9.78 Å². The summed E-state index contributed by atoms with van der Waals surface area (Å²) in [6.07, 6.45) is 2.35. The first kappa shape index (κ1) is 27.6. The van der Waals surface area contributed by atoms with E-state index < -0.39 is 0 Å². The molecule has 192 valence electrons. The van der Waals surface area contributed by atoms with E-state index in [1.807, 2.05) is 38.1 Å². The molecule has 0 aliphatic carbocycles. The van der Waals surface area contributed by atoms with Gasteiger partial charge < -0.3 is 9.47 Å². The minimum atomic E-state index is -0.255. The van der Waals surface area contributed by atoms with Crippen LogP contribution in [0.5, 0.6) is 11.5 Å². The molecule has 1 heterocycles. The van der Waals surface area contributed by atoms with E-state index in [0.717, 1.165) is 16.5 Å². The first-order valence-electron chi connectivity index (χ1n) is 11.4. The average molecular weight is 668 g/mol. The predicted octanol–water partition coefficient (Wildman–Crippen LogP) is 8.21. The predicted molar refractivity (Wildman–Crippen MR) is 157 cm³/mol. The summed E-state index contributed by atoms with van der Waals surface area (Å²) in [5.74, 6) is 1.41. The largest absolute Gasteiger partial charge is 0.493 e. The molecule has 0 unspecified atom stereocenters. The summed E-state index contributed by atoms with van der Waals surface area (Å²) in [5.41, 5.74) is 1.91. The van der Waals surface area contributed by atoms with Crippen LogP contribution in [0.25, 0.3) is 10.9 Å². The van der Waals surface area contributed by atoms with Gasteiger partial charge in [0.2, 0.25) is 0 Å². The van der Waals surface area contributed by atoms with Gasteiger partial charge in [-0.05, 0) is 64.3 Å². The van der Waals surface area contributed by atoms with E-state index in [0.29, 0.717) is 48.3 Å². The molecule has 0 radical (unpaired) electrons. The fourth-order valence-electron chi connectivity index (χ4n) is 3.62. The Morgan fingerprint density at radius 2 is 1.86 bits per heavy atom. The Kier molecular flexibility index (Phi) is 8.95. The lowest BCUT2D eigenvalue weighted by molar-refractivity contribution is 0.284. The highest BCUT2D eigenvalue weighted by molar-refractivity contribution is 9.10. The quantitative estimate of drug-likeness (QED) is 0.178. The minimum absolute atomic E-state index is 0.0168. The van der Waals surface area contributed by atoms with Gasteiger partial charge in [-0.3, -0.25) is 4.79 Å². The monoisotopic (exact) mass is 665 g/mol. The van der Waals surface area contributed by atoms with Gasteiger partial charge in [0, 0.05) is 25.4 Å². The lowest BCUT2D eigenvalue weighted by Crippen LogP contribution is -2.23. The third-order valence-electron chi connectivity index (χ3n) is 5.87. The van der Waals surface area contributed by atoms with Crippen molar-refractivity contribution in [1.82, 2.24) is 9.66 Å². The lowest BCUT2D eigenvalue weighted by atomic mass is 10.1. The Labute approximate surface area is 241 Å². The zero-order valence-corrected chi connectivity index (χ0v) is 24.9. The number of hydrogen-bond acceptors (Lipinski definition) is 5. The molecule has 10 heteroatoms. The van der Waals surface area contributed by atoms with Crippen molar-refractivity contribution in [3.05, 3.63) is 94.8 Å². The smallest absolute Gasteiger partial charge is 0.282 e.